The number of ether oxygens (including phenoxy) is 1. The van der Waals surface area contributed by atoms with Crippen molar-refractivity contribution in [2.24, 2.45) is 0 Å². The summed E-state index contributed by atoms with van der Waals surface area (Å²) in [5, 5.41) is 9.39. The van der Waals surface area contributed by atoms with Crippen LogP contribution in [0, 0.1) is 0 Å². The number of aliphatic hydroxyl groups is 1. The Morgan fingerprint density at radius 2 is 1.95 bits per heavy atom. The lowest BCUT2D eigenvalue weighted by Gasteiger charge is -2.12. The Bertz CT molecular complexity index is 385. The molecule has 0 radical (unpaired) electrons. The van der Waals surface area contributed by atoms with E-state index in [1.807, 2.05) is 44.1 Å². The third-order valence-electron chi connectivity index (χ3n) is 2.22. The molecule has 0 unspecified atom stereocenters. The van der Waals surface area contributed by atoms with Crippen LogP contribution in [-0.4, -0.2) is 56.6 Å². The van der Waals surface area contributed by atoms with Gasteiger partial charge in [0.25, 0.3) is 5.91 Å². The molecule has 0 aliphatic carbocycles. The van der Waals surface area contributed by atoms with Gasteiger partial charge in [0, 0.05) is 26.9 Å². The molecule has 0 bridgehead atoms. The number of hydrogen-bond donors (Lipinski definition) is 2. The van der Waals surface area contributed by atoms with Crippen LogP contribution in [0.3, 0.4) is 0 Å². The van der Waals surface area contributed by atoms with E-state index in [0.29, 0.717) is 12.0 Å². The standard InChI is InChI=1S/C14H22N2O3.CH4O/c1-5-13(16(3)4)8-6-7-12(2)19-11-14(18)15-9-10-17;1-2/h5-8,10H,9,11H2,1-4H3,(H,15,18);2H,1H3/b8-6-,12-7+,13-5+;. The van der Waals surface area contributed by atoms with Crippen molar-refractivity contribution in [3.63, 3.8) is 0 Å². The Hall–Kier alpha value is -2.08. The van der Waals surface area contributed by atoms with E-state index in [4.69, 9.17) is 9.84 Å². The molecule has 0 aromatic carbocycles. The molecular weight excluding hydrogens is 272 g/mol. The quantitative estimate of drug-likeness (QED) is 0.394. The number of allylic oxidation sites excluding steroid dienone is 5. The number of carbonyl (C=O) groups is 2. The number of nitrogens with one attached hydrogen (secondary N) is 1. The molecule has 0 spiro atoms. The summed E-state index contributed by atoms with van der Waals surface area (Å²) in [4.78, 5) is 23.2. The molecule has 0 aliphatic rings. The minimum absolute atomic E-state index is 0.0122. The maximum Gasteiger partial charge on any atom is 0.258 e. The van der Waals surface area contributed by atoms with Gasteiger partial charge in [0.1, 0.15) is 6.29 Å². The van der Waals surface area contributed by atoms with Gasteiger partial charge in [-0.2, -0.15) is 0 Å². The molecule has 0 rings (SSSR count). The first-order chi connectivity index (χ1) is 10.0. The van der Waals surface area contributed by atoms with Crippen LogP contribution in [0.25, 0.3) is 0 Å². The van der Waals surface area contributed by atoms with Crippen LogP contribution in [0.5, 0.6) is 0 Å². The Kier molecular flexibility index (Phi) is 14.5. The number of rotatable bonds is 8. The molecule has 0 aliphatic heterocycles. The third kappa shape index (κ3) is 12.7. The van der Waals surface area contributed by atoms with Gasteiger partial charge in [-0.1, -0.05) is 12.2 Å². The van der Waals surface area contributed by atoms with E-state index in [1.54, 1.807) is 13.0 Å². The van der Waals surface area contributed by atoms with Crippen LogP contribution in [0.15, 0.2) is 35.8 Å². The van der Waals surface area contributed by atoms with Crippen molar-refractivity contribution < 1.29 is 19.4 Å². The van der Waals surface area contributed by atoms with Crippen molar-refractivity contribution in [2.75, 3.05) is 34.4 Å². The normalized spacial score (nSPS) is 11.5. The van der Waals surface area contributed by atoms with Crippen LogP contribution in [0.2, 0.25) is 0 Å². The summed E-state index contributed by atoms with van der Waals surface area (Å²) < 4.78 is 5.23. The summed E-state index contributed by atoms with van der Waals surface area (Å²) >= 11 is 0. The fourth-order valence-corrected chi connectivity index (χ4v) is 1.22. The lowest BCUT2D eigenvalue weighted by molar-refractivity contribution is -0.125. The molecule has 0 aromatic rings. The van der Waals surface area contributed by atoms with Gasteiger partial charge in [-0.15, -0.1) is 0 Å². The molecule has 120 valence electrons. The number of nitrogens with zero attached hydrogens (tertiary/aromatic N) is 1. The van der Waals surface area contributed by atoms with Crippen LogP contribution in [-0.2, 0) is 14.3 Å². The average Bonchev–Trinajstić information content (AvgIpc) is 2.49. The van der Waals surface area contributed by atoms with Gasteiger partial charge in [-0.3, -0.25) is 4.79 Å². The fraction of sp³-hybridized carbons (Fsp3) is 0.467. The Morgan fingerprint density at radius 3 is 2.43 bits per heavy atom. The van der Waals surface area contributed by atoms with E-state index in [1.165, 1.54) is 0 Å². The Balaban J connectivity index is 0. The van der Waals surface area contributed by atoms with Crippen LogP contribution in [0.4, 0.5) is 0 Å². The second-order valence-electron chi connectivity index (χ2n) is 4.00. The van der Waals surface area contributed by atoms with E-state index in [0.717, 1.165) is 12.8 Å². The van der Waals surface area contributed by atoms with Gasteiger partial charge in [-0.05, 0) is 26.0 Å². The third-order valence-corrected chi connectivity index (χ3v) is 2.22. The second kappa shape index (κ2) is 14.3. The van der Waals surface area contributed by atoms with Crippen molar-refractivity contribution in [2.45, 2.75) is 13.8 Å². The number of hydrogen-bond acceptors (Lipinski definition) is 5. The summed E-state index contributed by atoms with van der Waals surface area (Å²) in [7, 11) is 4.92. The molecule has 6 nitrogen and oxygen atoms in total. The zero-order valence-corrected chi connectivity index (χ0v) is 13.4. The van der Waals surface area contributed by atoms with E-state index in [-0.39, 0.29) is 19.1 Å². The first-order valence-electron chi connectivity index (χ1n) is 6.47. The van der Waals surface area contributed by atoms with Gasteiger partial charge < -0.3 is 24.9 Å². The number of aliphatic hydroxyl groups excluding tert-OH is 1. The Morgan fingerprint density at radius 1 is 1.33 bits per heavy atom. The molecule has 6 heteroatoms. The predicted molar refractivity (Wildman–Crippen MR) is 83.5 cm³/mol. The molecule has 2 N–H and O–H groups in total. The highest BCUT2D eigenvalue weighted by atomic mass is 16.5. The van der Waals surface area contributed by atoms with E-state index < -0.39 is 0 Å². The Labute approximate surface area is 126 Å². The number of amides is 1. The first kappa shape index (κ1) is 21.2. The molecule has 0 atom stereocenters. The summed E-state index contributed by atoms with van der Waals surface area (Å²) in [6.45, 7) is 3.65. The number of likely N-dealkylation sites (N-methyl/N-ethyl adjacent to an activating group) is 1. The van der Waals surface area contributed by atoms with Crippen molar-refractivity contribution in [1.29, 1.82) is 0 Å². The van der Waals surface area contributed by atoms with Crippen molar-refractivity contribution in [3.8, 4) is 0 Å². The molecule has 21 heavy (non-hydrogen) atoms. The zero-order valence-electron chi connectivity index (χ0n) is 13.4. The smallest absolute Gasteiger partial charge is 0.258 e. The highest BCUT2D eigenvalue weighted by Crippen LogP contribution is 2.02. The van der Waals surface area contributed by atoms with Crippen molar-refractivity contribution in [3.05, 3.63) is 35.8 Å². The van der Waals surface area contributed by atoms with Crippen LogP contribution < -0.4 is 5.32 Å². The largest absolute Gasteiger partial charge is 0.488 e. The topological polar surface area (TPSA) is 78.9 Å². The maximum atomic E-state index is 11.2. The highest BCUT2D eigenvalue weighted by molar-refractivity contribution is 5.79. The molecule has 0 aromatic heterocycles. The lowest BCUT2D eigenvalue weighted by Crippen LogP contribution is -2.28. The predicted octanol–water partition coefficient (Wildman–Crippen LogP) is 0.852. The molecular formula is C15H26N2O4. The van der Waals surface area contributed by atoms with E-state index in [2.05, 4.69) is 5.32 Å². The van der Waals surface area contributed by atoms with Gasteiger partial charge in [0.05, 0.1) is 12.3 Å². The zero-order chi connectivity index (χ0) is 16.7. The van der Waals surface area contributed by atoms with Crippen molar-refractivity contribution in [1.82, 2.24) is 10.2 Å². The van der Waals surface area contributed by atoms with E-state index in [9.17, 15) is 9.59 Å². The maximum absolute atomic E-state index is 11.2. The average molecular weight is 298 g/mol. The summed E-state index contributed by atoms with van der Waals surface area (Å²) in [5.41, 5.74) is 1.08. The summed E-state index contributed by atoms with van der Waals surface area (Å²) in [5.74, 6) is 0.318. The van der Waals surface area contributed by atoms with Gasteiger partial charge >= 0.3 is 0 Å². The van der Waals surface area contributed by atoms with Crippen molar-refractivity contribution >= 4 is 12.2 Å². The van der Waals surface area contributed by atoms with Gasteiger partial charge in [-0.25, -0.2) is 0 Å². The lowest BCUT2D eigenvalue weighted by atomic mass is 10.3. The van der Waals surface area contributed by atoms with Gasteiger partial charge in [0.2, 0.25) is 0 Å². The first-order valence-corrected chi connectivity index (χ1v) is 6.47. The van der Waals surface area contributed by atoms with Crippen LogP contribution in [0.1, 0.15) is 13.8 Å². The fourth-order valence-electron chi connectivity index (χ4n) is 1.22. The van der Waals surface area contributed by atoms with Crippen LogP contribution >= 0.6 is 0 Å². The summed E-state index contributed by atoms with van der Waals surface area (Å²) in [6, 6.07) is 0. The number of aldehydes is 1. The highest BCUT2D eigenvalue weighted by Gasteiger charge is 2.00. The molecule has 1 amide bonds. The minimum atomic E-state index is -0.314. The van der Waals surface area contributed by atoms with Gasteiger partial charge in [0.15, 0.2) is 6.61 Å². The van der Waals surface area contributed by atoms with E-state index >= 15 is 0 Å². The molecule has 0 fully saturated rings. The second-order valence-corrected chi connectivity index (χ2v) is 4.00. The minimum Gasteiger partial charge on any atom is -0.488 e. The SMILES string of the molecule is CO.C\C=C(/C=C\C=C(/C)OCC(=O)NCC=O)N(C)C. The monoisotopic (exact) mass is 298 g/mol. The molecule has 0 saturated carbocycles. The molecule has 0 saturated heterocycles. The molecule has 0 heterocycles. The summed E-state index contributed by atoms with van der Waals surface area (Å²) in [6.07, 6.45) is 8.20. The number of carbonyl (C=O) groups excluding carboxylic acids is 2.